The Kier molecular flexibility index (Phi) is 3.92. The summed E-state index contributed by atoms with van der Waals surface area (Å²) in [6.45, 7) is 0. The molecule has 118 valence electrons. The van der Waals surface area contributed by atoms with E-state index in [9.17, 15) is 4.79 Å². The van der Waals surface area contributed by atoms with Crippen LogP contribution in [0.5, 0.6) is 0 Å². The van der Waals surface area contributed by atoms with Crippen LogP contribution in [-0.4, -0.2) is 10.9 Å². The summed E-state index contributed by atoms with van der Waals surface area (Å²) in [6.07, 6.45) is 1.48. The first kappa shape index (κ1) is 15.1. The molecule has 4 rings (SSSR count). The monoisotopic (exact) mass is 398 g/mol. The minimum absolute atomic E-state index is 0.271. The van der Waals surface area contributed by atoms with Gasteiger partial charge < -0.3 is 9.73 Å². The van der Waals surface area contributed by atoms with Crippen LogP contribution in [0, 0.1) is 0 Å². The lowest BCUT2D eigenvalue weighted by Gasteiger charge is -2.09. The van der Waals surface area contributed by atoms with Crippen LogP contribution >= 0.6 is 27.3 Å². The Morgan fingerprint density at radius 2 is 2.00 bits per heavy atom. The van der Waals surface area contributed by atoms with Gasteiger partial charge in [-0.2, -0.15) is 0 Å². The Labute approximate surface area is 150 Å². The number of aromatic nitrogens is 1. The largest absolute Gasteiger partial charge is 0.459 e. The van der Waals surface area contributed by atoms with Crippen molar-refractivity contribution in [3.8, 4) is 10.6 Å². The summed E-state index contributed by atoms with van der Waals surface area (Å²) in [4.78, 5) is 17.0. The fourth-order valence-electron chi connectivity index (χ4n) is 2.38. The van der Waals surface area contributed by atoms with Gasteiger partial charge in [-0.3, -0.25) is 4.79 Å². The SMILES string of the molecule is O=C(Nc1ccc(Br)cc1-c1nc2ccccc2s1)c1ccco1. The van der Waals surface area contributed by atoms with Crippen LogP contribution in [0.1, 0.15) is 10.6 Å². The number of anilines is 1. The van der Waals surface area contributed by atoms with E-state index in [2.05, 4.69) is 26.2 Å². The number of amides is 1. The standard InChI is InChI=1S/C18H11BrN2O2S/c19-11-7-8-13(20-17(22)15-5-3-9-23-15)12(10-11)18-21-14-4-1-2-6-16(14)24-18/h1-10H,(H,20,22). The fourth-order valence-corrected chi connectivity index (χ4v) is 3.74. The number of hydrogen-bond acceptors (Lipinski definition) is 4. The molecule has 2 aromatic heterocycles. The zero-order valence-corrected chi connectivity index (χ0v) is 14.7. The molecule has 0 saturated heterocycles. The first-order valence-corrected chi connectivity index (χ1v) is 8.82. The smallest absolute Gasteiger partial charge is 0.291 e. The molecule has 0 aliphatic heterocycles. The summed E-state index contributed by atoms with van der Waals surface area (Å²) >= 11 is 5.08. The van der Waals surface area contributed by atoms with Crippen molar-refractivity contribution >= 4 is 49.1 Å². The molecule has 0 unspecified atom stereocenters. The van der Waals surface area contributed by atoms with Gasteiger partial charge in [-0.15, -0.1) is 11.3 Å². The molecule has 2 aromatic carbocycles. The lowest BCUT2D eigenvalue weighted by atomic mass is 10.2. The van der Waals surface area contributed by atoms with E-state index < -0.39 is 0 Å². The number of furan rings is 1. The van der Waals surface area contributed by atoms with Gasteiger partial charge in [0.15, 0.2) is 5.76 Å². The van der Waals surface area contributed by atoms with Crippen LogP contribution in [-0.2, 0) is 0 Å². The Hall–Kier alpha value is -2.44. The summed E-state index contributed by atoms with van der Waals surface area (Å²) in [5.74, 6) is -0.0159. The summed E-state index contributed by atoms with van der Waals surface area (Å²) in [5, 5.41) is 3.75. The second-order valence-electron chi connectivity index (χ2n) is 5.11. The lowest BCUT2D eigenvalue weighted by Crippen LogP contribution is -2.11. The number of carbonyl (C=O) groups excluding carboxylic acids is 1. The summed E-state index contributed by atoms with van der Waals surface area (Å²) < 4.78 is 7.18. The molecular formula is C18H11BrN2O2S. The van der Waals surface area contributed by atoms with Gasteiger partial charge >= 0.3 is 0 Å². The highest BCUT2D eigenvalue weighted by molar-refractivity contribution is 9.10. The van der Waals surface area contributed by atoms with Crippen LogP contribution < -0.4 is 5.32 Å². The molecule has 0 atom stereocenters. The number of halogens is 1. The van der Waals surface area contributed by atoms with Gasteiger partial charge in [0.25, 0.3) is 5.91 Å². The molecule has 1 amide bonds. The van der Waals surface area contributed by atoms with Crippen molar-refractivity contribution in [3.05, 3.63) is 71.1 Å². The Balaban J connectivity index is 1.77. The van der Waals surface area contributed by atoms with Gasteiger partial charge in [0.1, 0.15) is 5.01 Å². The van der Waals surface area contributed by atoms with Gasteiger partial charge in [0.05, 0.1) is 22.2 Å². The number of rotatable bonds is 3. The van der Waals surface area contributed by atoms with E-state index in [1.807, 2.05) is 42.5 Å². The Morgan fingerprint density at radius 3 is 2.79 bits per heavy atom. The minimum atomic E-state index is -0.287. The highest BCUT2D eigenvalue weighted by Gasteiger charge is 2.15. The molecule has 0 radical (unpaired) electrons. The molecule has 24 heavy (non-hydrogen) atoms. The van der Waals surface area contributed by atoms with Gasteiger partial charge in [0, 0.05) is 10.0 Å². The number of fused-ring (bicyclic) bond motifs is 1. The first-order chi connectivity index (χ1) is 11.7. The topological polar surface area (TPSA) is 55.1 Å². The van der Waals surface area contributed by atoms with Crippen molar-refractivity contribution in [2.45, 2.75) is 0 Å². The zero-order valence-electron chi connectivity index (χ0n) is 12.3. The number of para-hydroxylation sites is 1. The maximum Gasteiger partial charge on any atom is 0.291 e. The summed E-state index contributed by atoms with van der Waals surface area (Å²) in [6, 6.07) is 17.0. The maximum absolute atomic E-state index is 12.3. The van der Waals surface area contributed by atoms with Crippen molar-refractivity contribution < 1.29 is 9.21 Å². The normalized spacial score (nSPS) is 10.9. The quantitative estimate of drug-likeness (QED) is 0.490. The molecule has 0 spiro atoms. The number of hydrogen-bond donors (Lipinski definition) is 1. The van der Waals surface area contributed by atoms with Crippen molar-refractivity contribution in [2.75, 3.05) is 5.32 Å². The average Bonchev–Trinajstić information content (AvgIpc) is 3.25. The van der Waals surface area contributed by atoms with Crippen molar-refractivity contribution in [2.24, 2.45) is 0 Å². The summed E-state index contributed by atoms with van der Waals surface area (Å²) in [7, 11) is 0. The van der Waals surface area contributed by atoms with Crippen LogP contribution in [0.15, 0.2) is 69.8 Å². The molecule has 0 fully saturated rings. The first-order valence-electron chi connectivity index (χ1n) is 7.21. The minimum Gasteiger partial charge on any atom is -0.459 e. The molecule has 0 aliphatic carbocycles. The highest BCUT2D eigenvalue weighted by Crippen LogP contribution is 2.36. The Bertz CT molecular complexity index is 992. The van der Waals surface area contributed by atoms with Crippen LogP contribution in [0.25, 0.3) is 20.8 Å². The number of nitrogens with one attached hydrogen (secondary N) is 1. The van der Waals surface area contributed by atoms with E-state index in [1.165, 1.54) is 6.26 Å². The van der Waals surface area contributed by atoms with Crippen molar-refractivity contribution in [1.82, 2.24) is 4.98 Å². The molecular weight excluding hydrogens is 388 g/mol. The third-order valence-electron chi connectivity index (χ3n) is 3.50. The predicted molar refractivity (Wildman–Crippen MR) is 99.4 cm³/mol. The van der Waals surface area contributed by atoms with E-state index in [0.717, 1.165) is 25.3 Å². The van der Waals surface area contributed by atoms with E-state index in [-0.39, 0.29) is 11.7 Å². The van der Waals surface area contributed by atoms with Gasteiger partial charge in [-0.05, 0) is 42.5 Å². The number of nitrogens with zero attached hydrogens (tertiary/aromatic N) is 1. The van der Waals surface area contributed by atoms with E-state index in [0.29, 0.717) is 5.69 Å². The molecule has 2 heterocycles. The second kappa shape index (κ2) is 6.22. The Morgan fingerprint density at radius 1 is 1.12 bits per heavy atom. The number of carbonyl (C=O) groups is 1. The second-order valence-corrected chi connectivity index (χ2v) is 7.05. The van der Waals surface area contributed by atoms with Crippen molar-refractivity contribution in [3.63, 3.8) is 0 Å². The number of benzene rings is 2. The third kappa shape index (κ3) is 2.86. The molecule has 4 nitrogen and oxygen atoms in total. The number of thiazole rings is 1. The van der Waals surface area contributed by atoms with Gasteiger partial charge in [0.2, 0.25) is 0 Å². The third-order valence-corrected chi connectivity index (χ3v) is 5.06. The lowest BCUT2D eigenvalue weighted by molar-refractivity contribution is 0.0996. The highest BCUT2D eigenvalue weighted by atomic mass is 79.9. The fraction of sp³-hybridized carbons (Fsp3) is 0. The van der Waals surface area contributed by atoms with E-state index >= 15 is 0 Å². The predicted octanol–water partition coefficient (Wildman–Crippen LogP) is 5.57. The average molecular weight is 399 g/mol. The zero-order chi connectivity index (χ0) is 16.5. The molecule has 6 heteroatoms. The molecule has 0 saturated carbocycles. The van der Waals surface area contributed by atoms with Gasteiger partial charge in [-0.1, -0.05) is 28.1 Å². The van der Waals surface area contributed by atoms with E-state index in [4.69, 9.17) is 4.42 Å². The van der Waals surface area contributed by atoms with Gasteiger partial charge in [-0.25, -0.2) is 4.98 Å². The van der Waals surface area contributed by atoms with Crippen molar-refractivity contribution in [1.29, 1.82) is 0 Å². The maximum atomic E-state index is 12.3. The van der Waals surface area contributed by atoms with E-state index in [1.54, 1.807) is 23.5 Å². The van der Waals surface area contributed by atoms with Crippen LogP contribution in [0.2, 0.25) is 0 Å². The van der Waals surface area contributed by atoms with Crippen LogP contribution in [0.4, 0.5) is 5.69 Å². The summed E-state index contributed by atoms with van der Waals surface area (Å²) in [5.41, 5.74) is 2.50. The molecule has 0 aliphatic rings. The molecule has 4 aromatic rings. The van der Waals surface area contributed by atoms with Crippen LogP contribution in [0.3, 0.4) is 0 Å². The molecule has 1 N–H and O–H groups in total. The molecule has 0 bridgehead atoms.